The minimum Gasteiger partial charge on any atom is -0.480 e. The van der Waals surface area contributed by atoms with Gasteiger partial charge in [-0.2, -0.15) is 0 Å². The average molecular weight is 259 g/mol. The topological polar surface area (TPSA) is 131 Å². The molecule has 1 fully saturated rings. The molecule has 1 saturated heterocycles. The monoisotopic (exact) mass is 259 g/mol. The van der Waals surface area contributed by atoms with E-state index in [9.17, 15) is 14.4 Å². The Kier molecular flexibility index (Phi) is 4.49. The molecule has 5 N–H and O–H groups in total. The van der Waals surface area contributed by atoms with E-state index < -0.39 is 35.9 Å². The predicted octanol–water partition coefficient (Wildman–Crippen LogP) is -1.21. The molecule has 8 heteroatoms. The third-order valence-electron chi connectivity index (χ3n) is 2.64. The van der Waals surface area contributed by atoms with Crippen molar-refractivity contribution in [2.24, 2.45) is 5.73 Å². The SMILES string of the molecule is CC1(NC(=O)NC(CC(N)=O)C(=O)O)CCOC1. The van der Waals surface area contributed by atoms with Crippen LogP contribution in [0.2, 0.25) is 0 Å². The first-order valence-electron chi connectivity index (χ1n) is 5.50. The van der Waals surface area contributed by atoms with Gasteiger partial charge in [-0.05, 0) is 13.3 Å². The van der Waals surface area contributed by atoms with Gasteiger partial charge in [0.15, 0.2) is 0 Å². The number of carbonyl (C=O) groups excluding carboxylic acids is 2. The van der Waals surface area contributed by atoms with Gasteiger partial charge in [-0.15, -0.1) is 0 Å². The molecule has 1 heterocycles. The molecule has 1 rings (SSSR count). The van der Waals surface area contributed by atoms with Gasteiger partial charge in [0.1, 0.15) is 6.04 Å². The largest absolute Gasteiger partial charge is 0.480 e. The summed E-state index contributed by atoms with van der Waals surface area (Å²) in [6, 6.07) is -1.98. The molecule has 0 aromatic heterocycles. The predicted molar refractivity (Wildman–Crippen MR) is 60.7 cm³/mol. The van der Waals surface area contributed by atoms with Crippen LogP contribution in [0.1, 0.15) is 19.8 Å². The Morgan fingerprint density at radius 1 is 1.50 bits per heavy atom. The molecule has 0 bridgehead atoms. The highest BCUT2D eigenvalue weighted by Gasteiger charge is 2.32. The van der Waals surface area contributed by atoms with Crippen molar-refractivity contribution >= 4 is 17.9 Å². The summed E-state index contributed by atoms with van der Waals surface area (Å²) in [4.78, 5) is 33.1. The zero-order valence-electron chi connectivity index (χ0n) is 10.1. The van der Waals surface area contributed by atoms with Gasteiger partial charge in [-0.3, -0.25) is 4.79 Å². The molecule has 18 heavy (non-hydrogen) atoms. The van der Waals surface area contributed by atoms with Crippen LogP contribution in [-0.2, 0) is 14.3 Å². The lowest BCUT2D eigenvalue weighted by Gasteiger charge is -2.24. The van der Waals surface area contributed by atoms with Crippen molar-refractivity contribution in [1.82, 2.24) is 10.6 Å². The number of nitrogens with two attached hydrogens (primary N) is 1. The summed E-state index contributed by atoms with van der Waals surface area (Å²) in [6.45, 7) is 2.71. The lowest BCUT2D eigenvalue weighted by atomic mass is 10.0. The van der Waals surface area contributed by atoms with E-state index in [1.165, 1.54) is 0 Å². The van der Waals surface area contributed by atoms with Gasteiger partial charge in [0, 0.05) is 6.61 Å². The average Bonchev–Trinajstić information content (AvgIpc) is 2.62. The summed E-state index contributed by atoms with van der Waals surface area (Å²) in [5.41, 5.74) is 4.39. The number of hydrogen-bond acceptors (Lipinski definition) is 4. The van der Waals surface area contributed by atoms with Crippen LogP contribution in [0.25, 0.3) is 0 Å². The minimum absolute atomic E-state index is 0.369. The van der Waals surface area contributed by atoms with Gasteiger partial charge in [0.25, 0.3) is 0 Å². The van der Waals surface area contributed by atoms with Crippen LogP contribution in [-0.4, -0.2) is 47.8 Å². The first kappa shape index (κ1) is 14.2. The first-order chi connectivity index (χ1) is 8.32. The third kappa shape index (κ3) is 4.21. The normalized spacial score (nSPS) is 24.3. The Labute approximate surface area is 104 Å². The van der Waals surface area contributed by atoms with Gasteiger partial charge in [-0.1, -0.05) is 0 Å². The molecule has 3 amide bonds. The standard InChI is InChI=1S/C10H17N3O5/c1-10(2-3-18-5-10)13-9(17)12-6(8(15)16)4-7(11)14/h6H,2-5H2,1H3,(H2,11,14)(H,15,16)(H2,12,13,17). The highest BCUT2D eigenvalue weighted by Crippen LogP contribution is 2.17. The smallest absolute Gasteiger partial charge is 0.326 e. The Bertz CT molecular complexity index is 351. The quantitative estimate of drug-likeness (QED) is 0.492. The molecular formula is C10H17N3O5. The van der Waals surface area contributed by atoms with Crippen molar-refractivity contribution in [3.8, 4) is 0 Å². The van der Waals surface area contributed by atoms with E-state index in [1.54, 1.807) is 6.92 Å². The van der Waals surface area contributed by atoms with E-state index in [1.807, 2.05) is 0 Å². The molecule has 0 spiro atoms. The summed E-state index contributed by atoms with van der Waals surface area (Å²) in [5.74, 6) is -2.10. The van der Waals surface area contributed by atoms with Crippen LogP contribution < -0.4 is 16.4 Å². The Morgan fingerprint density at radius 2 is 2.17 bits per heavy atom. The Balaban J connectivity index is 2.50. The number of carboxylic acids is 1. The lowest BCUT2D eigenvalue weighted by molar-refractivity contribution is -0.140. The number of primary amides is 1. The molecule has 1 aliphatic rings. The fourth-order valence-corrected chi connectivity index (χ4v) is 1.64. The Morgan fingerprint density at radius 3 is 2.61 bits per heavy atom. The van der Waals surface area contributed by atoms with Crippen molar-refractivity contribution in [3.05, 3.63) is 0 Å². The summed E-state index contributed by atoms with van der Waals surface area (Å²) < 4.78 is 5.15. The van der Waals surface area contributed by atoms with E-state index in [-0.39, 0.29) is 0 Å². The van der Waals surface area contributed by atoms with Crippen LogP contribution in [0.5, 0.6) is 0 Å². The van der Waals surface area contributed by atoms with E-state index in [0.717, 1.165) is 0 Å². The van der Waals surface area contributed by atoms with Crippen LogP contribution in [0.15, 0.2) is 0 Å². The number of amides is 3. The highest BCUT2D eigenvalue weighted by molar-refractivity contribution is 5.87. The summed E-state index contributed by atoms with van der Waals surface area (Å²) >= 11 is 0. The van der Waals surface area contributed by atoms with E-state index in [2.05, 4.69) is 10.6 Å². The molecule has 1 aliphatic heterocycles. The van der Waals surface area contributed by atoms with Crippen molar-refractivity contribution in [2.75, 3.05) is 13.2 Å². The molecular weight excluding hydrogens is 242 g/mol. The van der Waals surface area contributed by atoms with E-state index in [0.29, 0.717) is 19.6 Å². The van der Waals surface area contributed by atoms with Gasteiger partial charge in [-0.25, -0.2) is 9.59 Å². The second-order valence-electron chi connectivity index (χ2n) is 4.52. The molecule has 0 aromatic carbocycles. The zero-order chi connectivity index (χ0) is 13.8. The maximum absolute atomic E-state index is 11.6. The third-order valence-corrected chi connectivity index (χ3v) is 2.64. The summed E-state index contributed by atoms with van der Waals surface area (Å²) in [7, 11) is 0. The Hall–Kier alpha value is -1.83. The molecule has 0 saturated carbocycles. The highest BCUT2D eigenvalue weighted by atomic mass is 16.5. The van der Waals surface area contributed by atoms with Crippen LogP contribution in [0.4, 0.5) is 4.79 Å². The number of ether oxygens (including phenoxy) is 1. The van der Waals surface area contributed by atoms with E-state index >= 15 is 0 Å². The molecule has 0 aliphatic carbocycles. The second-order valence-corrected chi connectivity index (χ2v) is 4.52. The van der Waals surface area contributed by atoms with Crippen LogP contribution >= 0.6 is 0 Å². The van der Waals surface area contributed by atoms with Gasteiger partial charge < -0.3 is 26.2 Å². The number of rotatable bonds is 5. The van der Waals surface area contributed by atoms with E-state index in [4.69, 9.17) is 15.6 Å². The molecule has 2 unspecified atom stereocenters. The summed E-state index contributed by atoms with van der Waals surface area (Å²) in [6.07, 6.45) is 0.198. The lowest BCUT2D eigenvalue weighted by Crippen LogP contribution is -2.54. The van der Waals surface area contributed by atoms with Crippen molar-refractivity contribution in [1.29, 1.82) is 0 Å². The fourth-order valence-electron chi connectivity index (χ4n) is 1.64. The van der Waals surface area contributed by atoms with Gasteiger partial charge >= 0.3 is 12.0 Å². The van der Waals surface area contributed by atoms with Gasteiger partial charge in [0.2, 0.25) is 5.91 Å². The minimum atomic E-state index is -1.33. The molecule has 0 radical (unpaired) electrons. The maximum atomic E-state index is 11.6. The van der Waals surface area contributed by atoms with Gasteiger partial charge in [0.05, 0.1) is 18.6 Å². The molecule has 8 nitrogen and oxygen atoms in total. The van der Waals surface area contributed by atoms with Crippen molar-refractivity contribution in [3.63, 3.8) is 0 Å². The second kappa shape index (κ2) is 5.67. The molecule has 2 atom stereocenters. The number of carboxylic acid groups (broad SMARTS) is 1. The number of urea groups is 1. The number of nitrogens with one attached hydrogen (secondary N) is 2. The number of aliphatic carboxylic acids is 1. The number of carbonyl (C=O) groups is 3. The fraction of sp³-hybridized carbons (Fsp3) is 0.700. The first-order valence-corrected chi connectivity index (χ1v) is 5.50. The molecule has 102 valence electrons. The van der Waals surface area contributed by atoms with Crippen LogP contribution in [0.3, 0.4) is 0 Å². The molecule has 0 aromatic rings. The summed E-state index contributed by atoms with van der Waals surface area (Å²) in [5, 5.41) is 13.6. The van der Waals surface area contributed by atoms with Crippen molar-refractivity contribution < 1.29 is 24.2 Å². The van der Waals surface area contributed by atoms with Crippen molar-refractivity contribution in [2.45, 2.75) is 31.3 Å². The maximum Gasteiger partial charge on any atom is 0.326 e. The zero-order valence-corrected chi connectivity index (χ0v) is 10.1. The van der Waals surface area contributed by atoms with Crippen LogP contribution in [0, 0.1) is 0 Å². The number of hydrogen-bond donors (Lipinski definition) is 4.